The maximum Gasteiger partial charge on any atom is 0.514 e. The molecule has 4 nitrogen and oxygen atoms in total. The van der Waals surface area contributed by atoms with Crippen molar-refractivity contribution in [1.82, 2.24) is 4.98 Å². The molecule has 1 aliphatic heterocycles. The van der Waals surface area contributed by atoms with Gasteiger partial charge in [-0.15, -0.1) is 0 Å². The first kappa shape index (κ1) is 14.6. The molecular formula is C14H19BINO3. The molecule has 0 aromatic carbocycles. The topological polar surface area (TPSA) is 40.6 Å². The first-order chi connectivity index (χ1) is 9.28. The molecule has 0 spiro atoms. The first-order valence-electron chi connectivity index (χ1n) is 6.96. The Balaban J connectivity index is 1.79. The van der Waals surface area contributed by atoms with Crippen molar-refractivity contribution >= 4 is 35.3 Å². The Morgan fingerprint density at radius 2 is 1.85 bits per heavy atom. The van der Waals surface area contributed by atoms with Gasteiger partial charge in [-0.1, -0.05) is 0 Å². The van der Waals surface area contributed by atoms with Crippen molar-refractivity contribution in [2.45, 2.75) is 57.8 Å². The van der Waals surface area contributed by atoms with Crippen LogP contribution < -0.4 is 10.3 Å². The molecule has 0 radical (unpaired) electrons. The minimum atomic E-state index is -0.413. The fraction of sp³-hybridized carbons (Fsp3) is 0.643. The predicted octanol–water partition coefficient (Wildman–Crippen LogP) is 2.53. The van der Waals surface area contributed by atoms with Gasteiger partial charge in [0.15, 0.2) is 5.75 Å². The molecule has 0 N–H and O–H groups in total. The first-order valence-corrected chi connectivity index (χ1v) is 8.04. The largest absolute Gasteiger partial charge is 0.514 e. The lowest BCUT2D eigenvalue weighted by atomic mass is 9.84. The molecule has 108 valence electrons. The highest BCUT2D eigenvalue weighted by atomic mass is 127. The fourth-order valence-corrected chi connectivity index (χ4v) is 2.56. The molecular weight excluding hydrogens is 368 g/mol. The molecule has 1 aromatic rings. The summed E-state index contributed by atoms with van der Waals surface area (Å²) in [6.45, 7) is 8.18. The van der Waals surface area contributed by atoms with E-state index in [9.17, 15) is 0 Å². The van der Waals surface area contributed by atoms with Crippen molar-refractivity contribution in [1.29, 1.82) is 0 Å². The van der Waals surface area contributed by atoms with Gasteiger partial charge >= 0.3 is 7.12 Å². The Morgan fingerprint density at radius 3 is 2.35 bits per heavy atom. The monoisotopic (exact) mass is 387 g/mol. The summed E-state index contributed by atoms with van der Waals surface area (Å²) in [5.74, 6) is 0.855. The molecule has 1 saturated heterocycles. The Labute approximate surface area is 133 Å². The molecule has 2 aliphatic rings. The Bertz CT molecular complexity index is 515. The highest BCUT2D eigenvalue weighted by Crippen LogP contribution is 2.36. The van der Waals surface area contributed by atoms with Gasteiger partial charge in [-0.05, 0) is 69.2 Å². The van der Waals surface area contributed by atoms with Crippen molar-refractivity contribution in [2.24, 2.45) is 0 Å². The van der Waals surface area contributed by atoms with Crippen LogP contribution in [0.5, 0.6) is 5.75 Å². The summed E-state index contributed by atoms with van der Waals surface area (Å²) in [6, 6.07) is 1.99. The zero-order valence-electron chi connectivity index (χ0n) is 12.3. The van der Waals surface area contributed by atoms with Crippen LogP contribution in [0.1, 0.15) is 40.5 Å². The van der Waals surface area contributed by atoms with Crippen molar-refractivity contribution in [2.75, 3.05) is 0 Å². The summed E-state index contributed by atoms with van der Waals surface area (Å²) >= 11 is 2.28. The maximum atomic E-state index is 6.01. The molecule has 2 heterocycles. The van der Waals surface area contributed by atoms with E-state index in [0.29, 0.717) is 6.10 Å². The van der Waals surface area contributed by atoms with Crippen LogP contribution in [0, 0.1) is 3.57 Å². The van der Waals surface area contributed by atoms with Crippen LogP contribution >= 0.6 is 22.6 Å². The van der Waals surface area contributed by atoms with Gasteiger partial charge in [0, 0.05) is 0 Å². The molecule has 1 aromatic heterocycles. The Morgan fingerprint density at radius 1 is 1.25 bits per heavy atom. The molecule has 1 saturated carbocycles. The smallest absolute Gasteiger partial charge is 0.488 e. The number of rotatable bonds is 3. The van der Waals surface area contributed by atoms with Crippen molar-refractivity contribution < 1.29 is 14.0 Å². The predicted molar refractivity (Wildman–Crippen MR) is 86.3 cm³/mol. The summed E-state index contributed by atoms with van der Waals surface area (Å²) in [5, 5.41) is 0. The van der Waals surface area contributed by atoms with E-state index in [1.807, 2.05) is 33.8 Å². The van der Waals surface area contributed by atoms with Crippen molar-refractivity contribution in [3.8, 4) is 5.75 Å². The number of hydrogen-bond acceptors (Lipinski definition) is 4. The molecule has 1 aliphatic carbocycles. The van der Waals surface area contributed by atoms with Gasteiger partial charge in [-0.2, -0.15) is 0 Å². The lowest BCUT2D eigenvalue weighted by molar-refractivity contribution is 0.00578. The highest BCUT2D eigenvalue weighted by molar-refractivity contribution is 14.1. The summed E-state index contributed by atoms with van der Waals surface area (Å²) in [7, 11) is -0.413. The quantitative estimate of drug-likeness (QED) is 0.591. The normalized spacial score (nSPS) is 23.9. The second-order valence-electron chi connectivity index (χ2n) is 6.45. The summed E-state index contributed by atoms with van der Waals surface area (Å²) in [4.78, 5) is 4.45. The maximum absolute atomic E-state index is 6.01. The van der Waals surface area contributed by atoms with Crippen LogP contribution in [0.3, 0.4) is 0 Å². The minimum Gasteiger partial charge on any atom is -0.488 e. The van der Waals surface area contributed by atoms with Gasteiger partial charge in [0.1, 0.15) is 0 Å². The Kier molecular flexibility index (Phi) is 3.54. The van der Waals surface area contributed by atoms with Crippen molar-refractivity contribution in [3.63, 3.8) is 0 Å². The second-order valence-corrected chi connectivity index (χ2v) is 7.61. The molecule has 0 atom stereocenters. The molecule has 6 heteroatoms. The third-order valence-corrected chi connectivity index (χ3v) is 5.00. The molecule has 0 unspecified atom stereocenters. The minimum absolute atomic E-state index is 0.339. The molecule has 0 bridgehead atoms. The number of nitrogens with zero attached hydrogens (tertiary/aromatic N) is 1. The van der Waals surface area contributed by atoms with E-state index in [-0.39, 0.29) is 11.2 Å². The van der Waals surface area contributed by atoms with Gasteiger partial charge in [-0.3, -0.25) is 4.98 Å². The average molecular weight is 387 g/mol. The van der Waals surface area contributed by atoms with Crippen LogP contribution in [0.15, 0.2) is 12.3 Å². The van der Waals surface area contributed by atoms with E-state index < -0.39 is 7.12 Å². The molecule has 20 heavy (non-hydrogen) atoms. The van der Waals surface area contributed by atoms with Crippen LogP contribution in [0.4, 0.5) is 0 Å². The average Bonchev–Trinajstić information content (AvgIpc) is 3.10. The Hall–Kier alpha value is -0.335. The number of ether oxygens (including phenoxy) is 1. The number of hydrogen-bond donors (Lipinski definition) is 0. The van der Waals surface area contributed by atoms with Crippen LogP contribution in [0.2, 0.25) is 0 Å². The number of aromatic nitrogens is 1. The van der Waals surface area contributed by atoms with Crippen LogP contribution in [-0.2, 0) is 9.31 Å². The van der Waals surface area contributed by atoms with Gasteiger partial charge < -0.3 is 14.0 Å². The molecule has 2 fully saturated rings. The van der Waals surface area contributed by atoms with Crippen LogP contribution in [0.25, 0.3) is 0 Å². The van der Waals surface area contributed by atoms with Crippen molar-refractivity contribution in [3.05, 3.63) is 15.8 Å². The van der Waals surface area contributed by atoms with Gasteiger partial charge in [0.2, 0.25) is 0 Å². The number of pyridine rings is 1. The molecule has 0 amide bonds. The SMILES string of the molecule is CC1(C)OB(c2cc(I)c(OC3CC3)cn2)OC1(C)C. The van der Waals surface area contributed by atoms with Gasteiger partial charge in [0.25, 0.3) is 0 Å². The fourth-order valence-electron chi connectivity index (χ4n) is 1.98. The van der Waals surface area contributed by atoms with E-state index in [0.717, 1.165) is 27.8 Å². The zero-order valence-corrected chi connectivity index (χ0v) is 14.4. The third kappa shape index (κ3) is 2.70. The molecule has 3 rings (SSSR count). The summed E-state index contributed by atoms with van der Waals surface area (Å²) < 4.78 is 18.9. The summed E-state index contributed by atoms with van der Waals surface area (Å²) in [5.41, 5.74) is 0.123. The third-order valence-electron chi connectivity index (χ3n) is 4.15. The van der Waals surface area contributed by atoms with E-state index in [1.165, 1.54) is 0 Å². The lowest BCUT2D eigenvalue weighted by Gasteiger charge is -2.32. The van der Waals surface area contributed by atoms with E-state index in [4.69, 9.17) is 14.0 Å². The van der Waals surface area contributed by atoms with Gasteiger partial charge in [0.05, 0.1) is 32.7 Å². The van der Waals surface area contributed by atoms with E-state index >= 15 is 0 Å². The van der Waals surface area contributed by atoms with E-state index in [2.05, 4.69) is 27.6 Å². The standard InChI is InChI=1S/C14H19BINO3/c1-13(2)14(3,4)20-15(19-13)12-7-10(16)11(8-17-12)18-9-5-6-9/h7-9H,5-6H2,1-4H3. The summed E-state index contributed by atoms with van der Waals surface area (Å²) in [6.07, 6.45) is 4.46. The highest BCUT2D eigenvalue weighted by Gasteiger charge is 2.52. The van der Waals surface area contributed by atoms with Crippen LogP contribution in [-0.4, -0.2) is 29.4 Å². The van der Waals surface area contributed by atoms with E-state index in [1.54, 1.807) is 6.20 Å². The zero-order chi connectivity index (χ0) is 14.5. The lowest BCUT2D eigenvalue weighted by Crippen LogP contribution is -2.41. The second kappa shape index (κ2) is 4.85. The number of halogens is 1. The van der Waals surface area contributed by atoms with Gasteiger partial charge in [-0.25, -0.2) is 0 Å².